The summed E-state index contributed by atoms with van der Waals surface area (Å²) in [5, 5.41) is 13.3. The second-order valence-electron chi connectivity index (χ2n) is 4.51. The van der Waals surface area contributed by atoms with Gasteiger partial charge in [-0.1, -0.05) is 0 Å². The first-order valence-electron chi connectivity index (χ1n) is 5.59. The Morgan fingerprint density at radius 3 is 1.81 bits per heavy atom. The predicted octanol–water partition coefficient (Wildman–Crippen LogP) is 1.07. The molecule has 0 bridgehead atoms. The van der Waals surface area contributed by atoms with E-state index in [1.165, 1.54) is 7.11 Å². The van der Waals surface area contributed by atoms with Crippen molar-refractivity contribution in [1.29, 1.82) is 0 Å². The molecule has 0 saturated carbocycles. The molecule has 5 heteroatoms. The Kier molecular flexibility index (Phi) is 6.43. The highest BCUT2D eigenvalue weighted by Gasteiger charge is 2.41. The summed E-state index contributed by atoms with van der Waals surface area (Å²) in [6, 6.07) is 0. The minimum Gasteiger partial charge on any atom is -0.358 e. The third kappa shape index (κ3) is 5.23. The third-order valence-electron chi connectivity index (χ3n) is 1.83. The Morgan fingerprint density at radius 2 is 1.56 bits per heavy atom. The zero-order chi connectivity index (χ0) is 12.8. The van der Waals surface area contributed by atoms with Gasteiger partial charge in [-0.3, -0.25) is 5.32 Å². The molecule has 0 aliphatic heterocycles. The highest BCUT2D eigenvalue weighted by molar-refractivity contribution is 4.78. The van der Waals surface area contributed by atoms with Crippen LogP contribution in [-0.2, 0) is 14.2 Å². The van der Waals surface area contributed by atoms with Crippen molar-refractivity contribution in [2.45, 2.75) is 52.4 Å². The monoisotopic (exact) mass is 235 g/mol. The molecule has 0 aromatic carbocycles. The summed E-state index contributed by atoms with van der Waals surface area (Å²) in [5.41, 5.74) is -0.219. The number of hydrogen-bond acceptors (Lipinski definition) is 5. The van der Waals surface area contributed by atoms with E-state index in [4.69, 9.17) is 14.2 Å². The Balaban J connectivity index is 4.70. The molecule has 0 rings (SSSR count). The first kappa shape index (κ1) is 15.8. The molecule has 0 heterocycles. The van der Waals surface area contributed by atoms with Crippen molar-refractivity contribution < 1.29 is 19.3 Å². The van der Waals surface area contributed by atoms with E-state index >= 15 is 0 Å². The molecular formula is C11H25NO4. The maximum Gasteiger partial charge on any atom is 0.322 e. The molecule has 16 heavy (non-hydrogen) atoms. The maximum absolute atomic E-state index is 10.2. The minimum atomic E-state index is -1.76. The molecule has 0 aliphatic carbocycles. The predicted molar refractivity (Wildman–Crippen MR) is 61.9 cm³/mol. The molecule has 98 valence electrons. The van der Waals surface area contributed by atoms with Crippen molar-refractivity contribution in [1.82, 2.24) is 5.32 Å². The molecule has 1 atom stereocenters. The lowest BCUT2D eigenvalue weighted by Crippen LogP contribution is -2.60. The lowest BCUT2D eigenvalue weighted by molar-refractivity contribution is -0.402. The van der Waals surface area contributed by atoms with E-state index in [1.807, 2.05) is 20.8 Å². The van der Waals surface area contributed by atoms with Gasteiger partial charge in [-0.15, -0.1) is 0 Å². The molecule has 5 nitrogen and oxygen atoms in total. The van der Waals surface area contributed by atoms with Gasteiger partial charge in [0.2, 0.25) is 0 Å². The molecule has 2 N–H and O–H groups in total. The molecule has 0 saturated heterocycles. The zero-order valence-corrected chi connectivity index (χ0v) is 11.2. The molecule has 0 aromatic rings. The second-order valence-corrected chi connectivity index (χ2v) is 4.51. The van der Waals surface area contributed by atoms with Crippen molar-refractivity contribution in [2.24, 2.45) is 0 Å². The third-order valence-corrected chi connectivity index (χ3v) is 1.83. The van der Waals surface area contributed by atoms with E-state index in [9.17, 15) is 5.11 Å². The van der Waals surface area contributed by atoms with Gasteiger partial charge >= 0.3 is 5.97 Å². The average molecular weight is 235 g/mol. The van der Waals surface area contributed by atoms with Crippen LogP contribution in [0.25, 0.3) is 0 Å². The fourth-order valence-corrected chi connectivity index (χ4v) is 1.30. The van der Waals surface area contributed by atoms with Gasteiger partial charge in [0.25, 0.3) is 0 Å². The van der Waals surface area contributed by atoms with Crippen LogP contribution in [0.4, 0.5) is 0 Å². The van der Waals surface area contributed by atoms with Crippen LogP contribution in [-0.4, -0.2) is 43.2 Å². The van der Waals surface area contributed by atoms with Gasteiger partial charge in [0.15, 0.2) is 6.23 Å². The first-order valence-corrected chi connectivity index (χ1v) is 5.59. The number of ether oxygens (including phenoxy) is 3. The second kappa shape index (κ2) is 6.51. The summed E-state index contributed by atoms with van der Waals surface area (Å²) in [5.74, 6) is -1.76. The molecule has 0 aromatic heterocycles. The molecule has 0 aliphatic rings. The fraction of sp³-hybridized carbons (Fsp3) is 1.00. The van der Waals surface area contributed by atoms with Crippen LogP contribution >= 0.6 is 0 Å². The van der Waals surface area contributed by atoms with Gasteiger partial charge in [-0.05, 0) is 34.6 Å². The quantitative estimate of drug-likeness (QED) is 0.646. The first-order chi connectivity index (χ1) is 7.29. The minimum absolute atomic E-state index is 0.219. The Hall–Kier alpha value is -0.200. The SMILES string of the molecule is CCOC(O)(OCC)C(NC(C)(C)C)OC. The van der Waals surface area contributed by atoms with E-state index < -0.39 is 12.2 Å². The van der Waals surface area contributed by atoms with Gasteiger partial charge < -0.3 is 19.3 Å². The summed E-state index contributed by atoms with van der Waals surface area (Å²) in [6.07, 6.45) is -0.743. The highest BCUT2D eigenvalue weighted by atomic mass is 16.8. The summed E-state index contributed by atoms with van der Waals surface area (Å²) in [6.45, 7) is 10.2. The van der Waals surface area contributed by atoms with Crippen molar-refractivity contribution >= 4 is 0 Å². The van der Waals surface area contributed by atoms with Crippen LogP contribution in [0.15, 0.2) is 0 Å². The van der Waals surface area contributed by atoms with Crippen molar-refractivity contribution in [3.63, 3.8) is 0 Å². The Morgan fingerprint density at radius 1 is 1.12 bits per heavy atom. The lowest BCUT2D eigenvalue weighted by atomic mass is 10.1. The molecular weight excluding hydrogens is 210 g/mol. The van der Waals surface area contributed by atoms with Crippen LogP contribution in [0.2, 0.25) is 0 Å². The smallest absolute Gasteiger partial charge is 0.322 e. The van der Waals surface area contributed by atoms with Gasteiger partial charge in [0.05, 0.1) is 0 Å². The van der Waals surface area contributed by atoms with E-state index in [-0.39, 0.29) is 5.54 Å². The van der Waals surface area contributed by atoms with Crippen molar-refractivity contribution in [2.75, 3.05) is 20.3 Å². The van der Waals surface area contributed by atoms with Crippen molar-refractivity contribution in [3.8, 4) is 0 Å². The lowest BCUT2D eigenvalue weighted by Gasteiger charge is -2.37. The maximum atomic E-state index is 10.2. The number of aliphatic hydroxyl groups is 1. The van der Waals surface area contributed by atoms with Gasteiger partial charge in [-0.2, -0.15) is 0 Å². The Labute approximate surface area is 98.1 Å². The average Bonchev–Trinajstić information content (AvgIpc) is 2.13. The van der Waals surface area contributed by atoms with Gasteiger partial charge in [-0.25, -0.2) is 0 Å². The summed E-state index contributed by atoms with van der Waals surface area (Å²) in [4.78, 5) is 0. The largest absolute Gasteiger partial charge is 0.358 e. The summed E-state index contributed by atoms with van der Waals surface area (Å²) >= 11 is 0. The van der Waals surface area contributed by atoms with E-state index in [0.29, 0.717) is 13.2 Å². The van der Waals surface area contributed by atoms with E-state index in [2.05, 4.69) is 5.32 Å². The molecule has 0 radical (unpaired) electrons. The molecule has 0 amide bonds. The zero-order valence-electron chi connectivity index (χ0n) is 11.2. The topological polar surface area (TPSA) is 60.0 Å². The van der Waals surface area contributed by atoms with E-state index in [1.54, 1.807) is 13.8 Å². The summed E-state index contributed by atoms with van der Waals surface area (Å²) in [7, 11) is 1.49. The number of hydrogen-bond donors (Lipinski definition) is 2. The highest BCUT2D eigenvalue weighted by Crippen LogP contribution is 2.18. The van der Waals surface area contributed by atoms with Gasteiger partial charge in [0.1, 0.15) is 0 Å². The van der Waals surface area contributed by atoms with Crippen LogP contribution < -0.4 is 5.32 Å². The standard InChI is InChI=1S/C11H25NO4/c1-7-15-11(13,16-8-2)9(14-6)12-10(3,4)5/h9,12-13H,7-8H2,1-6H3. The van der Waals surface area contributed by atoms with Crippen LogP contribution in [0.5, 0.6) is 0 Å². The fourth-order valence-electron chi connectivity index (χ4n) is 1.30. The number of nitrogens with one attached hydrogen (secondary N) is 1. The summed E-state index contributed by atoms with van der Waals surface area (Å²) < 4.78 is 15.6. The van der Waals surface area contributed by atoms with E-state index in [0.717, 1.165) is 0 Å². The van der Waals surface area contributed by atoms with Crippen LogP contribution in [0.1, 0.15) is 34.6 Å². The van der Waals surface area contributed by atoms with Crippen molar-refractivity contribution in [3.05, 3.63) is 0 Å². The van der Waals surface area contributed by atoms with Crippen LogP contribution in [0.3, 0.4) is 0 Å². The molecule has 0 spiro atoms. The van der Waals surface area contributed by atoms with Gasteiger partial charge in [0, 0.05) is 25.9 Å². The number of rotatable bonds is 7. The Bertz CT molecular complexity index is 185. The normalized spacial score (nSPS) is 15.2. The number of methoxy groups -OCH3 is 1. The molecule has 1 unspecified atom stereocenters. The molecule has 0 fully saturated rings. The van der Waals surface area contributed by atoms with Crippen LogP contribution in [0, 0.1) is 0 Å².